The van der Waals surface area contributed by atoms with Crippen LogP contribution in [0, 0.1) is 5.41 Å². The molecule has 0 heterocycles. The van der Waals surface area contributed by atoms with Gasteiger partial charge < -0.3 is 14.2 Å². The number of Topliss-reactive ketones (excluding diaryl/α,β-unsaturated/α-hetero) is 1. The maximum atomic E-state index is 11.9. The Hall–Kier alpha value is -0.0900. The Kier molecular flexibility index (Phi) is 31.2. The summed E-state index contributed by atoms with van der Waals surface area (Å²) < 4.78 is 74.3. The Balaban J connectivity index is -0.0000000765. The minimum Gasteiger partial charge on any atom is -0.370 e. The predicted octanol–water partition coefficient (Wildman–Crippen LogP) is 11.2. The standard InChI is InChI=1S/C13H26O2.C6H15O2P.C5H13O2P.2C5H12O2S.3CH4/c1-11(2,3)10(14)9-13(7,8)15-12(4,5)6;1-6(2,3)9(5,7)8-4;3*1-5(2,3)8(4,6)7;;;/h9H2,1-8H3;1-5H3;1-4H3,(H,6,7);2*1-4H3;3*1H4. The molecule has 1 N–H and O–H groups in total. The highest BCUT2D eigenvalue weighted by Gasteiger charge is 2.33. The van der Waals surface area contributed by atoms with Crippen molar-refractivity contribution < 1.29 is 44.9 Å². The number of hydrogen-bond donors (Lipinski definition) is 1. The van der Waals surface area contributed by atoms with Gasteiger partial charge in [-0.3, -0.25) is 13.9 Å². The van der Waals surface area contributed by atoms with Crippen LogP contribution in [0.15, 0.2) is 0 Å². The third kappa shape index (κ3) is 36.6. The van der Waals surface area contributed by atoms with Crippen LogP contribution in [-0.2, 0) is 42.9 Å². The van der Waals surface area contributed by atoms with Crippen molar-refractivity contribution in [1.82, 2.24) is 0 Å². The van der Waals surface area contributed by atoms with E-state index in [1.54, 1.807) is 69.0 Å². The molecule has 0 aliphatic heterocycles. The van der Waals surface area contributed by atoms with E-state index in [0.29, 0.717) is 6.42 Å². The first-order valence-corrected chi connectivity index (χ1v) is 23.9. The molecule has 0 spiro atoms. The van der Waals surface area contributed by atoms with Crippen molar-refractivity contribution >= 4 is 40.2 Å². The van der Waals surface area contributed by atoms with Crippen LogP contribution in [0.1, 0.15) is 167 Å². The van der Waals surface area contributed by atoms with Crippen LogP contribution in [-0.4, -0.2) is 91.5 Å². The number of rotatable bonds is 4. The van der Waals surface area contributed by atoms with Gasteiger partial charge in [0.05, 0.1) is 20.7 Å². The van der Waals surface area contributed by atoms with E-state index in [-0.39, 0.29) is 49.8 Å². The second kappa shape index (κ2) is 23.1. The molecule has 2 unspecified atom stereocenters. The van der Waals surface area contributed by atoms with E-state index in [1.807, 2.05) is 76.2 Å². The molecule has 2 atom stereocenters. The molecule has 14 heteroatoms. The van der Waals surface area contributed by atoms with Gasteiger partial charge in [0, 0.05) is 55.1 Å². The largest absolute Gasteiger partial charge is 0.370 e. The first-order chi connectivity index (χ1) is 19.9. The van der Waals surface area contributed by atoms with Gasteiger partial charge >= 0.3 is 0 Å². The second-order valence-corrected chi connectivity index (χ2v) is 30.9. The third-order valence-corrected chi connectivity index (χ3v) is 17.1. The zero-order valence-corrected chi connectivity index (χ0v) is 39.0. The van der Waals surface area contributed by atoms with E-state index in [2.05, 4.69) is 0 Å². The van der Waals surface area contributed by atoms with Crippen molar-refractivity contribution in [2.45, 2.75) is 198 Å². The van der Waals surface area contributed by atoms with E-state index in [9.17, 15) is 30.8 Å². The summed E-state index contributed by atoms with van der Waals surface area (Å²) in [5, 5.41) is -0.672. The van der Waals surface area contributed by atoms with Gasteiger partial charge in [-0.2, -0.15) is 0 Å². The predicted molar refractivity (Wildman–Crippen MR) is 229 cm³/mol. The average Bonchev–Trinajstić information content (AvgIpc) is 2.67. The number of carbonyl (C=O) groups is 1. The van der Waals surface area contributed by atoms with Gasteiger partial charge in [0.15, 0.2) is 19.7 Å². The topological polar surface area (TPSA) is 158 Å². The molecule has 0 fully saturated rings. The molecule has 0 aliphatic rings. The quantitative estimate of drug-likeness (QED) is 0.271. The molecule has 0 saturated heterocycles. The van der Waals surface area contributed by atoms with Gasteiger partial charge in [-0.1, -0.05) is 84.6 Å². The maximum Gasteiger partial charge on any atom is 0.205 e. The summed E-state index contributed by atoms with van der Waals surface area (Å²) in [5.74, 6) is 0.247. The Bertz CT molecular complexity index is 1230. The van der Waals surface area contributed by atoms with Crippen molar-refractivity contribution in [2.24, 2.45) is 5.41 Å². The van der Waals surface area contributed by atoms with E-state index in [4.69, 9.17) is 14.2 Å². The molecule has 0 aromatic heterocycles. The first-order valence-electron chi connectivity index (χ1n) is 16.0. The molecule has 0 aromatic rings. The average molecular weight is 821 g/mol. The Morgan fingerprint density at radius 2 is 0.804 bits per heavy atom. The summed E-state index contributed by atoms with van der Waals surface area (Å²) in [6, 6.07) is 0. The number of sulfone groups is 2. The zero-order valence-electron chi connectivity index (χ0n) is 35.5. The number of ketones is 1. The van der Waals surface area contributed by atoms with E-state index in [0.717, 1.165) is 0 Å². The Morgan fingerprint density at radius 3 is 0.882 bits per heavy atom. The minimum absolute atomic E-state index is 0. The van der Waals surface area contributed by atoms with Gasteiger partial charge in [0.25, 0.3) is 0 Å². The van der Waals surface area contributed by atoms with Gasteiger partial charge in [-0.25, -0.2) is 16.8 Å². The number of hydrogen-bond acceptors (Lipinski definition) is 9. The molecule has 0 rings (SSSR count). The van der Waals surface area contributed by atoms with Crippen molar-refractivity contribution in [3.8, 4) is 0 Å². The van der Waals surface area contributed by atoms with Crippen LogP contribution < -0.4 is 0 Å². The first kappa shape index (κ1) is 68.9. The highest BCUT2D eigenvalue weighted by atomic mass is 32.2. The van der Waals surface area contributed by atoms with Crippen molar-refractivity contribution in [1.29, 1.82) is 0 Å². The van der Waals surface area contributed by atoms with E-state index < -0.39 is 49.1 Å². The van der Waals surface area contributed by atoms with E-state index >= 15 is 0 Å². The smallest absolute Gasteiger partial charge is 0.205 e. The third-order valence-electron chi connectivity index (χ3n) is 7.04. The monoisotopic (exact) mass is 821 g/mol. The second-order valence-electron chi connectivity index (χ2n) is 18.8. The summed E-state index contributed by atoms with van der Waals surface area (Å²) in [4.78, 5) is 20.8. The van der Waals surface area contributed by atoms with Gasteiger partial charge in [-0.15, -0.1) is 0 Å². The minimum atomic E-state index is -2.85. The molecule has 0 aliphatic carbocycles. The highest BCUT2D eigenvalue weighted by molar-refractivity contribution is 7.92. The van der Waals surface area contributed by atoms with Crippen LogP contribution in [0.3, 0.4) is 0 Å². The summed E-state index contributed by atoms with van der Waals surface area (Å²) in [6.45, 7) is 40.0. The maximum absolute atomic E-state index is 11.9. The lowest BCUT2D eigenvalue weighted by Gasteiger charge is -2.34. The zero-order chi connectivity index (χ0) is 41.2. The fourth-order valence-electron chi connectivity index (χ4n) is 1.79. The van der Waals surface area contributed by atoms with Crippen LogP contribution in [0.2, 0.25) is 0 Å². The molecule has 0 bridgehead atoms. The normalized spacial score (nSPS) is 15.1. The van der Waals surface area contributed by atoms with Crippen molar-refractivity contribution in [3.05, 3.63) is 0 Å². The molecule has 10 nitrogen and oxygen atoms in total. The molecule has 51 heavy (non-hydrogen) atoms. The summed E-state index contributed by atoms with van der Waals surface area (Å²) in [7, 11) is -9.40. The van der Waals surface area contributed by atoms with Crippen LogP contribution in [0.4, 0.5) is 0 Å². The van der Waals surface area contributed by atoms with Crippen molar-refractivity contribution in [2.75, 3.05) is 33.0 Å². The molecular formula is C37H90O10P2S2. The lowest BCUT2D eigenvalue weighted by Crippen LogP contribution is -2.39. The summed E-state index contributed by atoms with van der Waals surface area (Å²) in [5.41, 5.74) is -0.872. The fraction of sp³-hybridized carbons (Fsp3) is 0.973. The van der Waals surface area contributed by atoms with Gasteiger partial charge in [-0.05, 0) is 76.2 Å². The lowest BCUT2D eigenvalue weighted by atomic mass is 9.84. The van der Waals surface area contributed by atoms with Crippen LogP contribution in [0.25, 0.3) is 0 Å². The molecule has 0 radical (unpaired) electrons. The van der Waals surface area contributed by atoms with Gasteiger partial charge in [0.1, 0.15) is 5.78 Å². The highest BCUT2D eigenvalue weighted by Crippen LogP contribution is 2.54. The summed E-state index contributed by atoms with van der Waals surface area (Å²) in [6.07, 6.45) is 2.95. The number of ether oxygens (including phenoxy) is 1. The van der Waals surface area contributed by atoms with Crippen LogP contribution in [0.5, 0.6) is 0 Å². The lowest BCUT2D eigenvalue weighted by molar-refractivity contribution is -0.144. The van der Waals surface area contributed by atoms with Crippen molar-refractivity contribution in [3.63, 3.8) is 0 Å². The van der Waals surface area contributed by atoms with E-state index in [1.165, 1.54) is 26.3 Å². The fourth-order valence-corrected chi connectivity index (χ4v) is 2.34. The Morgan fingerprint density at radius 1 is 0.588 bits per heavy atom. The Labute approximate surface area is 320 Å². The SMILES string of the molecule is C.C.C.CC(C)(C)OC(C)(C)CC(=O)C(C)(C)C.CC(C)(C)P(C)(=O)O.CC(C)(C)S(C)(=O)=O.CC(C)(C)S(C)(=O)=O.COP(C)(=O)C(C)(C)C. The summed E-state index contributed by atoms with van der Waals surface area (Å²) >= 11 is 0. The molecule has 0 amide bonds. The van der Waals surface area contributed by atoms with Gasteiger partial charge in [0.2, 0.25) is 14.7 Å². The molecule has 0 aromatic carbocycles. The molecule has 0 saturated carbocycles. The number of carbonyl (C=O) groups excluding carboxylic acids is 1. The molecular weight excluding hydrogens is 730 g/mol. The molecule has 320 valence electrons. The van der Waals surface area contributed by atoms with Crippen LogP contribution >= 0.6 is 14.7 Å².